The SMILES string of the molecule is C/C=C/C(CCC)CCCc1ccc(-c2ccc(OC)c(F)c2F)cc1. The normalized spacial score (nSPS) is 12.5. The van der Waals surface area contributed by atoms with Crippen LogP contribution in [0.25, 0.3) is 11.1 Å². The second kappa shape index (κ2) is 10.1. The molecule has 140 valence electrons. The Hall–Kier alpha value is -2.16. The lowest BCUT2D eigenvalue weighted by molar-refractivity contribution is 0.372. The zero-order valence-corrected chi connectivity index (χ0v) is 15.9. The quantitative estimate of drug-likeness (QED) is 0.440. The van der Waals surface area contributed by atoms with Gasteiger partial charge in [-0.1, -0.05) is 49.8 Å². The second-order valence-electron chi connectivity index (χ2n) is 6.61. The molecule has 2 aromatic rings. The molecule has 0 aliphatic carbocycles. The first kappa shape index (κ1) is 20.2. The molecule has 0 bridgehead atoms. The molecule has 3 heteroatoms. The van der Waals surface area contributed by atoms with Crippen LogP contribution in [-0.2, 0) is 6.42 Å². The van der Waals surface area contributed by atoms with Gasteiger partial charge in [0.15, 0.2) is 11.6 Å². The number of rotatable bonds is 9. The number of halogens is 2. The van der Waals surface area contributed by atoms with Crippen LogP contribution in [-0.4, -0.2) is 7.11 Å². The summed E-state index contributed by atoms with van der Waals surface area (Å²) in [5, 5.41) is 0. The highest BCUT2D eigenvalue weighted by Crippen LogP contribution is 2.30. The van der Waals surface area contributed by atoms with E-state index in [1.165, 1.54) is 38.0 Å². The summed E-state index contributed by atoms with van der Waals surface area (Å²) in [4.78, 5) is 0. The smallest absolute Gasteiger partial charge is 0.201 e. The molecule has 0 heterocycles. The molecule has 0 radical (unpaired) electrons. The Morgan fingerprint density at radius 2 is 1.73 bits per heavy atom. The summed E-state index contributed by atoms with van der Waals surface area (Å²) in [5.41, 5.74) is 2.15. The highest BCUT2D eigenvalue weighted by molar-refractivity contribution is 5.65. The largest absolute Gasteiger partial charge is 0.494 e. The number of aryl methyl sites for hydroxylation is 1. The van der Waals surface area contributed by atoms with Crippen molar-refractivity contribution in [3.8, 4) is 16.9 Å². The second-order valence-corrected chi connectivity index (χ2v) is 6.61. The molecule has 1 nitrogen and oxygen atoms in total. The number of benzene rings is 2. The van der Waals surface area contributed by atoms with E-state index < -0.39 is 11.6 Å². The number of hydrogen-bond donors (Lipinski definition) is 0. The summed E-state index contributed by atoms with van der Waals surface area (Å²) < 4.78 is 32.9. The molecule has 26 heavy (non-hydrogen) atoms. The van der Waals surface area contributed by atoms with E-state index >= 15 is 0 Å². The lowest BCUT2D eigenvalue weighted by atomic mass is 9.94. The van der Waals surface area contributed by atoms with Crippen molar-refractivity contribution in [2.45, 2.75) is 46.0 Å². The summed E-state index contributed by atoms with van der Waals surface area (Å²) in [7, 11) is 1.33. The fourth-order valence-electron chi connectivity index (χ4n) is 3.31. The lowest BCUT2D eigenvalue weighted by Crippen LogP contribution is -1.98. The van der Waals surface area contributed by atoms with Gasteiger partial charge in [-0.2, -0.15) is 4.39 Å². The molecule has 0 fully saturated rings. The Kier molecular flexibility index (Phi) is 7.83. The van der Waals surface area contributed by atoms with Gasteiger partial charge in [0.2, 0.25) is 5.82 Å². The van der Waals surface area contributed by atoms with Gasteiger partial charge in [-0.3, -0.25) is 0 Å². The first-order valence-electron chi connectivity index (χ1n) is 9.34. The third kappa shape index (κ3) is 5.17. The third-order valence-corrected chi connectivity index (χ3v) is 4.70. The van der Waals surface area contributed by atoms with Gasteiger partial charge in [-0.05, 0) is 61.8 Å². The van der Waals surface area contributed by atoms with Crippen molar-refractivity contribution in [3.05, 3.63) is 65.7 Å². The molecular weight excluding hydrogens is 330 g/mol. The van der Waals surface area contributed by atoms with Crippen LogP contribution in [0, 0.1) is 17.6 Å². The molecule has 0 saturated heterocycles. The van der Waals surface area contributed by atoms with Gasteiger partial charge in [0.25, 0.3) is 0 Å². The summed E-state index contributed by atoms with van der Waals surface area (Å²) in [5.74, 6) is -1.24. The Balaban J connectivity index is 2.01. The predicted molar refractivity (Wildman–Crippen MR) is 104 cm³/mol. The van der Waals surface area contributed by atoms with Crippen LogP contribution in [0.2, 0.25) is 0 Å². The average Bonchev–Trinajstić information content (AvgIpc) is 2.65. The van der Waals surface area contributed by atoms with Crippen LogP contribution in [0.3, 0.4) is 0 Å². The van der Waals surface area contributed by atoms with Gasteiger partial charge in [-0.25, -0.2) is 4.39 Å². The van der Waals surface area contributed by atoms with E-state index in [0.29, 0.717) is 11.5 Å². The van der Waals surface area contributed by atoms with Crippen LogP contribution in [0.1, 0.15) is 45.1 Å². The van der Waals surface area contributed by atoms with E-state index in [9.17, 15) is 8.78 Å². The van der Waals surface area contributed by atoms with E-state index in [-0.39, 0.29) is 11.3 Å². The Morgan fingerprint density at radius 1 is 1.00 bits per heavy atom. The fourth-order valence-corrected chi connectivity index (χ4v) is 3.31. The van der Waals surface area contributed by atoms with Gasteiger partial charge in [0, 0.05) is 5.56 Å². The predicted octanol–water partition coefficient (Wildman–Crippen LogP) is 6.96. The van der Waals surface area contributed by atoms with Crippen LogP contribution in [0.15, 0.2) is 48.6 Å². The van der Waals surface area contributed by atoms with E-state index in [0.717, 1.165) is 12.8 Å². The number of allylic oxidation sites excluding steroid dienone is 2. The summed E-state index contributed by atoms with van der Waals surface area (Å²) >= 11 is 0. The molecule has 2 aromatic carbocycles. The molecule has 0 spiro atoms. The van der Waals surface area contributed by atoms with Crippen molar-refractivity contribution in [2.24, 2.45) is 5.92 Å². The maximum Gasteiger partial charge on any atom is 0.201 e. The molecule has 0 N–H and O–H groups in total. The van der Waals surface area contributed by atoms with Crippen LogP contribution >= 0.6 is 0 Å². The first-order valence-corrected chi connectivity index (χ1v) is 9.34. The highest BCUT2D eigenvalue weighted by Gasteiger charge is 2.15. The van der Waals surface area contributed by atoms with E-state index in [1.807, 2.05) is 24.3 Å². The highest BCUT2D eigenvalue weighted by atomic mass is 19.2. The molecule has 0 saturated carbocycles. The maximum atomic E-state index is 14.2. The molecule has 0 aromatic heterocycles. The van der Waals surface area contributed by atoms with Crippen LogP contribution in [0.5, 0.6) is 5.75 Å². The molecule has 0 amide bonds. The fraction of sp³-hybridized carbons (Fsp3) is 0.391. The Bertz CT molecular complexity index is 720. The lowest BCUT2D eigenvalue weighted by Gasteiger charge is -2.12. The van der Waals surface area contributed by atoms with Crippen molar-refractivity contribution in [2.75, 3.05) is 7.11 Å². The zero-order valence-electron chi connectivity index (χ0n) is 15.9. The topological polar surface area (TPSA) is 9.23 Å². The van der Waals surface area contributed by atoms with Crippen molar-refractivity contribution in [1.29, 1.82) is 0 Å². The first-order chi connectivity index (χ1) is 12.6. The Morgan fingerprint density at radius 3 is 2.35 bits per heavy atom. The van der Waals surface area contributed by atoms with Gasteiger partial charge in [0.05, 0.1) is 7.11 Å². The molecule has 0 aliphatic heterocycles. The van der Waals surface area contributed by atoms with E-state index in [1.54, 1.807) is 6.07 Å². The molecule has 0 aliphatic rings. The average molecular weight is 358 g/mol. The molecule has 2 rings (SSSR count). The summed E-state index contributed by atoms with van der Waals surface area (Å²) in [6.07, 6.45) is 10.2. The minimum atomic E-state index is -0.944. The van der Waals surface area contributed by atoms with E-state index in [2.05, 4.69) is 26.0 Å². The van der Waals surface area contributed by atoms with Crippen molar-refractivity contribution >= 4 is 0 Å². The molecule has 1 unspecified atom stereocenters. The number of ether oxygens (including phenoxy) is 1. The van der Waals surface area contributed by atoms with Gasteiger partial charge in [-0.15, -0.1) is 0 Å². The van der Waals surface area contributed by atoms with Gasteiger partial charge in [0.1, 0.15) is 0 Å². The van der Waals surface area contributed by atoms with Crippen molar-refractivity contribution in [3.63, 3.8) is 0 Å². The van der Waals surface area contributed by atoms with E-state index in [4.69, 9.17) is 4.74 Å². The summed E-state index contributed by atoms with van der Waals surface area (Å²) in [6, 6.07) is 10.7. The maximum absolute atomic E-state index is 14.2. The number of methoxy groups -OCH3 is 1. The van der Waals surface area contributed by atoms with Crippen molar-refractivity contribution < 1.29 is 13.5 Å². The molecule has 1 atom stereocenters. The van der Waals surface area contributed by atoms with Gasteiger partial charge < -0.3 is 4.74 Å². The van der Waals surface area contributed by atoms with Crippen molar-refractivity contribution in [1.82, 2.24) is 0 Å². The Labute approximate surface area is 155 Å². The third-order valence-electron chi connectivity index (χ3n) is 4.70. The molecular formula is C23H28F2O. The monoisotopic (exact) mass is 358 g/mol. The van der Waals surface area contributed by atoms with Crippen LogP contribution < -0.4 is 4.74 Å². The van der Waals surface area contributed by atoms with Gasteiger partial charge >= 0.3 is 0 Å². The standard InChI is InChI=1S/C23H28F2O/c1-4-7-17(8-5-2)9-6-10-18-11-13-19(14-12-18)20-15-16-21(26-3)23(25)22(20)24/h4,7,11-17H,5-6,8-10H2,1-3H3/b7-4+. The number of hydrogen-bond acceptors (Lipinski definition) is 1. The minimum Gasteiger partial charge on any atom is -0.494 e. The van der Waals surface area contributed by atoms with Crippen LogP contribution in [0.4, 0.5) is 8.78 Å². The zero-order chi connectivity index (χ0) is 18.9. The summed E-state index contributed by atoms with van der Waals surface area (Å²) in [6.45, 7) is 4.29. The minimum absolute atomic E-state index is 0.0781.